The molecule has 5 nitrogen and oxygen atoms in total. The van der Waals surface area contributed by atoms with Crippen molar-refractivity contribution in [1.82, 2.24) is 5.16 Å². The summed E-state index contributed by atoms with van der Waals surface area (Å²) in [5.41, 5.74) is 2.39. The molecule has 0 bridgehead atoms. The molecular weight excluding hydrogens is 304 g/mol. The maximum atomic E-state index is 12.1. The molecule has 1 amide bonds. The Morgan fingerprint density at radius 2 is 1.88 bits per heavy atom. The number of aromatic nitrogens is 1. The maximum Gasteiger partial charge on any atom is 0.232 e. The Hall–Kier alpha value is -3.08. The van der Waals surface area contributed by atoms with E-state index < -0.39 is 0 Å². The normalized spacial score (nSPS) is 10.4. The van der Waals surface area contributed by atoms with Gasteiger partial charge in [0.05, 0.1) is 13.0 Å². The molecule has 3 rings (SSSR count). The molecule has 0 spiro atoms. The molecule has 0 aliphatic rings. The number of benzene rings is 2. The number of hydrogen-bond donors (Lipinski definition) is 1. The maximum absolute atomic E-state index is 12.1. The second-order valence-corrected chi connectivity index (χ2v) is 5.23. The van der Waals surface area contributed by atoms with E-state index in [4.69, 9.17) is 9.26 Å². The number of nitrogens with one attached hydrogen (secondary N) is 1. The molecule has 0 radical (unpaired) electrons. The van der Waals surface area contributed by atoms with E-state index in [0.29, 0.717) is 18.1 Å². The van der Waals surface area contributed by atoms with Crippen LogP contribution in [-0.2, 0) is 11.2 Å². The lowest BCUT2D eigenvalue weighted by molar-refractivity contribution is -0.115. The molecule has 0 saturated heterocycles. The van der Waals surface area contributed by atoms with E-state index in [1.54, 1.807) is 18.2 Å². The number of ether oxygens (including phenoxy) is 1. The van der Waals surface area contributed by atoms with Gasteiger partial charge in [0.1, 0.15) is 17.2 Å². The van der Waals surface area contributed by atoms with Crippen LogP contribution in [0.2, 0.25) is 0 Å². The second kappa shape index (κ2) is 7.46. The zero-order chi connectivity index (χ0) is 16.8. The summed E-state index contributed by atoms with van der Waals surface area (Å²) in [4.78, 5) is 12.1. The SMILES string of the molecule is CCOc1ccc(NC(=O)Cc2cc(-c3ccccc3)no2)cc1. The highest BCUT2D eigenvalue weighted by Crippen LogP contribution is 2.19. The Labute approximate surface area is 140 Å². The molecule has 0 aliphatic carbocycles. The van der Waals surface area contributed by atoms with Gasteiger partial charge in [0, 0.05) is 17.3 Å². The number of anilines is 1. The Balaban J connectivity index is 1.60. The van der Waals surface area contributed by atoms with Gasteiger partial charge in [-0.1, -0.05) is 35.5 Å². The number of nitrogens with zero attached hydrogens (tertiary/aromatic N) is 1. The zero-order valence-corrected chi connectivity index (χ0v) is 13.4. The van der Waals surface area contributed by atoms with Gasteiger partial charge in [0.15, 0.2) is 0 Å². The van der Waals surface area contributed by atoms with Gasteiger partial charge in [-0.25, -0.2) is 0 Å². The van der Waals surface area contributed by atoms with E-state index in [1.165, 1.54) is 0 Å². The average Bonchev–Trinajstić information content (AvgIpc) is 3.06. The third-order valence-electron chi connectivity index (χ3n) is 3.41. The van der Waals surface area contributed by atoms with Crippen LogP contribution < -0.4 is 10.1 Å². The highest BCUT2D eigenvalue weighted by atomic mass is 16.5. The van der Waals surface area contributed by atoms with Crippen LogP contribution in [0.4, 0.5) is 5.69 Å². The van der Waals surface area contributed by atoms with Crippen molar-refractivity contribution < 1.29 is 14.1 Å². The fourth-order valence-electron chi connectivity index (χ4n) is 2.31. The summed E-state index contributed by atoms with van der Waals surface area (Å²) in [5, 5.41) is 6.83. The van der Waals surface area contributed by atoms with E-state index in [0.717, 1.165) is 17.0 Å². The first-order chi connectivity index (χ1) is 11.7. The van der Waals surface area contributed by atoms with Gasteiger partial charge in [0.2, 0.25) is 5.91 Å². The van der Waals surface area contributed by atoms with Crippen LogP contribution in [-0.4, -0.2) is 17.7 Å². The predicted octanol–water partition coefficient (Wildman–Crippen LogP) is 3.92. The molecule has 1 heterocycles. The molecule has 0 saturated carbocycles. The van der Waals surface area contributed by atoms with Gasteiger partial charge in [-0.2, -0.15) is 0 Å². The first-order valence-electron chi connectivity index (χ1n) is 7.78. The molecule has 2 aromatic carbocycles. The van der Waals surface area contributed by atoms with Gasteiger partial charge in [-0.05, 0) is 31.2 Å². The molecule has 0 unspecified atom stereocenters. The Kier molecular flexibility index (Phi) is 4.91. The van der Waals surface area contributed by atoms with Gasteiger partial charge < -0.3 is 14.6 Å². The van der Waals surface area contributed by atoms with Gasteiger partial charge in [0.25, 0.3) is 0 Å². The lowest BCUT2D eigenvalue weighted by Gasteiger charge is -2.06. The number of rotatable bonds is 6. The van der Waals surface area contributed by atoms with E-state index in [-0.39, 0.29) is 12.3 Å². The molecule has 24 heavy (non-hydrogen) atoms. The van der Waals surface area contributed by atoms with Gasteiger partial charge in [-0.3, -0.25) is 4.79 Å². The Morgan fingerprint density at radius 1 is 1.12 bits per heavy atom. The summed E-state index contributed by atoms with van der Waals surface area (Å²) in [6, 6.07) is 18.7. The third-order valence-corrected chi connectivity index (χ3v) is 3.41. The minimum absolute atomic E-state index is 0.132. The third kappa shape index (κ3) is 4.01. The second-order valence-electron chi connectivity index (χ2n) is 5.23. The molecule has 0 aliphatic heterocycles. The summed E-state index contributed by atoms with van der Waals surface area (Å²) in [6.45, 7) is 2.54. The van der Waals surface area contributed by atoms with Crippen molar-refractivity contribution in [3.63, 3.8) is 0 Å². The summed E-state index contributed by atoms with van der Waals surface area (Å²) < 4.78 is 10.6. The topological polar surface area (TPSA) is 64.4 Å². The monoisotopic (exact) mass is 322 g/mol. The van der Waals surface area contributed by atoms with Crippen LogP contribution in [0.25, 0.3) is 11.3 Å². The molecule has 0 fully saturated rings. The van der Waals surface area contributed by atoms with E-state index in [9.17, 15) is 4.79 Å². The van der Waals surface area contributed by atoms with Crippen molar-refractivity contribution in [2.24, 2.45) is 0 Å². The lowest BCUT2D eigenvalue weighted by atomic mass is 10.1. The number of hydrogen-bond acceptors (Lipinski definition) is 4. The van der Waals surface area contributed by atoms with Gasteiger partial charge in [-0.15, -0.1) is 0 Å². The van der Waals surface area contributed by atoms with E-state index in [2.05, 4.69) is 10.5 Å². The molecule has 1 N–H and O–H groups in total. The van der Waals surface area contributed by atoms with Crippen molar-refractivity contribution in [2.75, 3.05) is 11.9 Å². The van der Waals surface area contributed by atoms with Crippen LogP contribution >= 0.6 is 0 Å². The van der Waals surface area contributed by atoms with Crippen molar-refractivity contribution >= 4 is 11.6 Å². The summed E-state index contributed by atoms with van der Waals surface area (Å²) in [7, 11) is 0. The average molecular weight is 322 g/mol. The van der Waals surface area contributed by atoms with Crippen molar-refractivity contribution in [2.45, 2.75) is 13.3 Å². The summed E-state index contributed by atoms with van der Waals surface area (Å²) in [6.07, 6.45) is 0.132. The zero-order valence-electron chi connectivity index (χ0n) is 13.4. The van der Waals surface area contributed by atoms with E-state index >= 15 is 0 Å². The fourth-order valence-corrected chi connectivity index (χ4v) is 2.31. The molecule has 0 atom stereocenters. The van der Waals surface area contributed by atoms with Crippen LogP contribution in [0, 0.1) is 0 Å². The first-order valence-corrected chi connectivity index (χ1v) is 7.78. The lowest BCUT2D eigenvalue weighted by Crippen LogP contribution is -2.13. The standard InChI is InChI=1S/C19H18N2O3/c1-2-23-16-10-8-15(9-11-16)20-19(22)13-17-12-18(21-24-17)14-6-4-3-5-7-14/h3-12H,2,13H2,1H3,(H,20,22). The Bertz CT molecular complexity index is 795. The highest BCUT2D eigenvalue weighted by Gasteiger charge is 2.11. The molecule has 3 aromatic rings. The first kappa shape index (κ1) is 15.8. The molecule has 122 valence electrons. The number of carbonyl (C=O) groups is 1. The molecular formula is C19H18N2O3. The highest BCUT2D eigenvalue weighted by molar-refractivity contribution is 5.92. The van der Waals surface area contributed by atoms with Crippen molar-refractivity contribution in [3.8, 4) is 17.0 Å². The molecule has 1 aromatic heterocycles. The fraction of sp³-hybridized carbons (Fsp3) is 0.158. The number of carbonyl (C=O) groups excluding carboxylic acids is 1. The van der Waals surface area contributed by atoms with Crippen LogP contribution in [0.1, 0.15) is 12.7 Å². The quantitative estimate of drug-likeness (QED) is 0.747. The van der Waals surface area contributed by atoms with Crippen LogP contribution in [0.15, 0.2) is 65.2 Å². The van der Waals surface area contributed by atoms with Crippen LogP contribution in [0.3, 0.4) is 0 Å². The largest absolute Gasteiger partial charge is 0.494 e. The Morgan fingerprint density at radius 3 is 2.58 bits per heavy atom. The summed E-state index contributed by atoms with van der Waals surface area (Å²) >= 11 is 0. The van der Waals surface area contributed by atoms with E-state index in [1.807, 2.05) is 49.4 Å². The van der Waals surface area contributed by atoms with Gasteiger partial charge >= 0.3 is 0 Å². The minimum Gasteiger partial charge on any atom is -0.494 e. The predicted molar refractivity (Wildman–Crippen MR) is 91.9 cm³/mol. The molecule has 5 heteroatoms. The minimum atomic E-state index is -0.157. The number of amides is 1. The summed E-state index contributed by atoms with van der Waals surface area (Å²) in [5.74, 6) is 1.14. The van der Waals surface area contributed by atoms with Crippen molar-refractivity contribution in [1.29, 1.82) is 0 Å². The smallest absolute Gasteiger partial charge is 0.232 e. The van der Waals surface area contributed by atoms with Crippen molar-refractivity contribution in [3.05, 3.63) is 66.4 Å². The van der Waals surface area contributed by atoms with Crippen LogP contribution in [0.5, 0.6) is 5.75 Å².